The van der Waals surface area contributed by atoms with Crippen molar-refractivity contribution in [2.75, 3.05) is 56.0 Å². The molecule has 456 valence electrons. The molecule has 2 aromatic carbocycles. The molecule has 6 rings (SSSR count). The average molecular weight is 1170 g/mol. The van der Waals surface area contributed by atoms with E-state index in [4.69, 9.17) is 16.2 Å². The fourth-order valence-electron chi connectivity index (χ4n) is 10.4. The quantitative estimate of drug-likeness (QED) is 0.0219. The number of benzene rings is 2. The zero-order chi connectivity index (χ0) is 61.4. The van der Waals surface area contributed by atoms with Crippen molar-refractivity contribution in [1.82, 2.24) is 30.7 Å². The van der Waals surface area contributed by atoms with E-state index in [1.54, 1.807) is 54.7 Å². The Morgan fingerprint density at radius 3 is 2.16 bits per heavy atom. The number of rotatable bonds is 33. The maximum Gasteiger partial charge on any atom is 0.312 e. The van der Waals surface area contributed by atoms with Gasteiger partial charge in [0.1, 0.15) is 24.0 Å². The summed E-state index contributed by atoms with van der Waals surface area (Å²) >= 11 is 0. The van der Waals surface area contributed by atoms with Crippen LogP contribution in [0.2, 0.25) is 0 Å². The molecule has 2 atom stereocenters. The Labute approximate surface area is 497 Å². The number of anilines is 2. The average Bonchev–Trinajstić information content (AvgIpc) is 4.03. The lowest BCUT2D eigenvalue weighted by Gasteiger charge is -2.32. The van der Waals surface area contributed by atoms with Gasteiger partial charge in [-0.15, -0.1) is 0 Å². The number of urea groups is 1. The van der Waals surface area contributed by atoms with Crippen molar-refractivity contribution in [2.45, 2.75) is 137 Å². The highest BCUT2D eigenvalue weighted by atomic mass is 16.5. The Balaban J connectivity index is 0.874. The zero-order valence-electron chi connectivity index (χ0n) is 49.5. The number of pyridine rings is 1. The molecule has 0 radical (unpaired) electrons. The molecule has 3 aromatic rings. The second-order valence-electron chi connectivity index (χ2n) is 22.2. The maximum absolute atomic E-state index is 13.7. The molecule has 0 spiro atoms. The summed E-state index contributed by atoms with van der Waals surface area (Å²) in [5.41, 5.74) is 15.5. The Bertz CT molecular complexity index is 2940. The third kappa shape index (κ3) is 20.6. The van der Waals surface area contributed by atoms with Crippen LogP contribution >= 0.6 is 0 Å². The summed E-state index contributed by atoms with van der Waals surface area (Å²) in [6.45, 7) is 11.1. The fraction of sp³-hybridized carbons (Fsp3) is 0.492. The summed E-state index contributed by atoms with van der Waals surface area (Å²) in [5.74, 6) is -2.46. The molecule has 8 N–H and O–H groups in total. The van der Waals surface area contributed by atoms with Crippen LogP contribution in [0.15, 0.2) is 83.5 Å². The molecule has 1 saturated heterocycles. The highest BCUT2D eigenvalue weighted by Gasteiger charge is 2.31. The highest BCUT2D eigenvalue weighted by molar-refractivity contribution is 6.13. The first kappa shape index (κ1) is 65.6. The Hall–Kier alpha value is -8.56. The van der Waals surface area contributed by atoms with Gasteiger partial charge in [0.2, 0.25) is 17.7 Å². The van der Waals surface area contributed by atoms with E-state index >= 15 is 0 Å². The van der Waals surface area contributed by atoms with Crippen molar-refractivity contribution in [3.63, 3.8) is 0 Å². The van der Waals surface area contributed by atoms with E-state index in [2.05, 4.69) is 36.1 Å². The molecule has 4 heterocycles. The highest BCUT2D eigenvalue weighted by Crippen LogP contribution is 2.30. The molecular formula is C63H83N11O11. The van der Waals surface area contributed by atoms with E-state index in [1.807, 2.05) is 44.7 Å². The minimum absolute atomic E-state index is 0.00702. The number of nitrogens with zero attached hydrogens (tertiary/aromatic N) is 5. The first-order chi connectivity index (χ1) is 40.8. The minimum Gasteiger partial charge on any atom is -0.461 e. The van der Waals surface area contributed by atoms with Crippen LogP contribution in [-0.2, 0) is 56.1 Å². The van der Waals surface area contributed by atoms with Crippen molar-refractivity contribution >= 4 is 88.1 Å². The van der Waals surface area contributed by atoms with Crippen molar-refractivity contribution in [2.24, 2.45) is 34.2 Å². The smallest absolute Gasteiger partial charge is 0.312 e. The largest absolute Gasteiger partial charge is 0.461 e. The Kier molecular flexibility index (Phi) is 25.5. The molecule has 3 aliphatic rings. The van der Waals surface area contributed by atoms with Gasteiger partial charge in [0, 0.05) is 119 Å². The number of carbonyl (C=O) groups excluding carboxylic acids is 10. The molecule has 85 heavy (non-hydrogen) atoms. The molecule has 0 saturated carbocycles. The monoisotopic (exact) mass is 1170 g/mol. The van der Waals surface area contributed by atoms with E-state index in [-0.39, 0.29) is 111 Å². The number of ketones is 2. The van der Waals surface area contributed by atoms with Gasteiger partial charge in [0.05, 0.1) is 23.6 Å². The van der Waals surface area contributed by atoms with E-state index in [1.165, 1.54) is 12.2 Å². The second-order valence-corrected chi connectivity index (χ2v) is 22.2. The van der Waals surface area contributed by atoms with Crippen LogP contribution in [0.1, 0.15) is 145 Å². The Morgan fingerprint density at radius 2 is 1.51 bits per heavy atom. The number of aliphatic imine (C=N–C) groups is 1. The number of amides is 8. The number of hydrogen-bond donors (Lipinski definition) is 6. The van der Waals surface area contributed by atoms with Gasteiger partial charge in [0.25, 0.3) is 17.7 Å². The number of hydrogen-bond acceptors (Lipinski definition) is 15. The summed E-state index contributed by atoms with van der Waals surface area (Å²) in [6.07, 6.45) is 12.0. The summed E-state index contributed by atoms with van der Waals surface area (Å²) in [5, 5.41) is 11.2. The number of ether oxygens (including phenoxy) is 1. The number of Topliss-reactive ketones (excluding diaryl/α,β-unsaturated/α-hetero) is 2. The lowest BCUT2D eigenvalue weighted by atomic mass is 9.88. The second kappa shape index (κ2) is 33.1. The van der Waals surface area contributed by atoms with Gasteiger partial charge in [-0.25, -0.2) is 14.8 Å². The van der Waals surface area contributed by atoms with E-state index in [0.29, 0.717) is 123 Å². The predicted molar refractivity (Wildman–Crippen MR) is 323 cm³/mol. The number of aromatic nitrogens is 1. The van der Waals surface area contributed by atoms with E-state index in [9.17, 15) is 47.9 Å². The fourth-order valence-corrected chi connectivity index (χ4v) is 10.4. The van der Waals surface area contributed by atoms with Crippen LogP contribution in [0.25, 0.3) is 6.08 Å². The van der Waals surface area contributed by atoms with Crippen LogP contribution in [0.4, 0.5) is 22.0 Å². The molecule has 1 aromatic heterocycles. The molecule has 0 aliphatic carbocycles. The number of imide groups is 1. The third-order valence-corrected chi connectivity index (χ3v) is 15.2. The number of nitrogens with two attached hydrogens (primary N) is 2. The summed E-state index contributed by atoms with van der Waals surface area (Å²) in [4.78, 5) is 142. The first-order valence-electron chi connectivity index (χ1n) is 29.7. The normalized spacial score (nSPS) is 14.8. The molecule has 2 unspecified atom stereocenters. The van der Waals surface area contributed by atoms with Gasteiger partial charge in [-0.05, 0) is 105 Å². The number of carbonyl (C=O) groups is 10. The van der Waals surface area contributed by atoms with Crippen LogP contribution < -0.4 is 37.6 Å². The van der Waals surface area contributed by atoms with Gasteiger partial charge >= 0.3 is 12.0 Å². The van der Waals surface area contributed by atoms with E-state index < -0.39 is 29.9 Å². The van der Waals surface area contributed by atoms with Crippen LogP contribution in [0.5, 0.6) is 0 Å². The SMILES string of the molecule is CCCN(CCC)C(=O)C1=Cc2ccc(C(=O)Nc3ccc(N4CCC(C(=O)NCCCC(=O)OCc5ccc(CC(=O)C(CCCNC(N)=O)NC(=O)C(CC(=O)CCCCCN6C(=O)C=CC6=O)C(C)C)cc5)CC4)nc3)cc2N=C(N)C1. The Morgan fingerprint density at radius 1 is 0.812 bits per heavy atom. The standard InChI is InChI=1S/C63H83N11O11/c1-5-29-73(30-6-2)62(83)47-35-45-19-20-46(36-52(45)70-54(64)37-47)60(81)69-48-21-22-55(68-39-48)72-32-25-44(26-33-72)59(80)66-27-11-14-58(79)85-40-43-17-15-42(16-18-43)34-53(76)51(13-10-28-67-63(65)84)71-61(82)50(41(3)4)38-49(75)12-8-7-9-31-74-56(77)23-24-57(74)78/h15-24,35-36,39,41,44,50-51H,5-14,25-34,37-38,40H2,1-4H3,(H2,64,70)(H,66,80)(H,69,81)(H,71,82)(H3,65,67,84). The lowest BCUT2D eigenvalue weighted by molar-refractivity contribution is -0.145. The van der Waals surface area contributed by atoms with E-state index in [0.717, 1.165) is 23.6 Å². The number of amidine groups is 1. The number of fused-ring (bicyclic) bond motifs is 1. The molecule has 0 bridgehead atoms. The number of piperidine rings is 1. The van der Waals surface area contributed by atoms with Crippen molar-refractivity contribution in [3.05, 3.63) is 101 Å². The summed E-state index contributed by atoms with van der Waals surface area (Å²) in [7, 11) is 0. The molecule has 22 heteroatoms. The third-order valence-electron chi connectivity index (χ3n) is 15.2. The number of nitrogens with one attached hydrogen (secondary N) is 4. The van der Waals surface area contributed by atoms with Gasteiger partial charge < -0.3 is 47.3 Å². The number of primary amides is 1. The first-order valence-corrected chi connectivity index (χ1v) is 29.7. The van der Waals surface area contributed by atoms with Crippen LogP contribution in [-0.4, -0.2) is 131 Å². The molecule has 1 fully saturated rings. The van der Waals surface area contributed by atoms with Crippen molar-refractivity contribution in [1.29, 1.82) is 0 Å². The van der Waals surface area contributed by atoms with Gasteiger partial charge in [-0.3, -0.25) is 48.1 Å². The summed E-state index contributed by atoms with van der Waals surface area (Å²) < 4.78 is 5.50. The molecule has 8 amide bonds. The summed E-state index contributed by atoms with van der Waals surface area (Å²) in [6, 6.07) is 14.1. The van der Waals surface area contributed by atoms with Gasteiger partial charge in [-0.1, -0.05) is 64.4 Å². The zero-order valence-corrected chi connectivity index (χ0v) is 49.5. The molecular weight excluding hydrogens is 1090 g/mol. The van der Waals surface area contributed by atoms with Gasteiger partial charge in [0.15, 0.2) is 5.78 Å². The van der Waals surface area contributed by atoms with Crippen LogP contribution in [0, 0.1) is 17.8 Å². The minimum atomic E-state index is -0.904. The number of unbranched alkanes of at least 4 members (excludes halogenated alkanes) is 2. The number of esters is 1. The van der Waals surface area contributed by atoms with Gasteiger partial charge in [-0.2, -0.15) is 0 Å². The van der Waals surface area contributed by atoms with Crippen LogP contribution in [0.3, 0.4) is 0 Å². The molecule has 3 aliphatic heterocycles. The topological polar surface area (TPSA) is 315 Å². The maximum atomic E-state index is 13.7. The predicted octanol–water partition coefficient (Wildman–Crippen LogP) is 6.38. The molecule has 22 nitrogen and oxygen atoms in total. The van der Waals surface area contributed by atoms with Crippen molar-refractivity contribution in [3.8, 4) is 0 Å². The van der Waals surface area contributed by atoms with Crippen molar-refractivity contribution < 1.29 is 52.7 Å². The lowest BCUT2D eigenvalue weighted by Crippen LogP contribution is -2.46.